The van der Waals surface area contributed by atoms with Crippen molar-refractivity contribution in [1.82, 2.24) is 15.1 Å². The Morgan fingerprint density at radius 3 is 2.90 bits per heavy atom. The highest BCUT2D eigenvalue weighted by Crippen LogP contribution is 2.18. The molecule has 2 heterocycles. The molecule has 0 spiro atoms. The molecule has 1 N–H and O–H groups in total. The van der Waals surface area contributed by atoms with Gasteiger partial charge in [0.1, 0.15) is 23.6 Å². The zero-order valence-electron chi connectivity index (χ0n) is 12.6. The molecule has 0 fully saturated rings. The topological polar surface area (TPSA) is 69.3 Å². The smallest absolute Gasteiger partial charge is 0.245 e. The van der Waals surface area contributed by atoms with Gasteiger partial charge in [-0.25, -0.2) is 0 Å². The van der Waals surface area contributed by atoms with Crippen LogP contribution < -0.4 is 5.32 Å². The van der Waals surface area contributed by atoms with E-state index in [1.165, 1.54) is 0 Å². The lowest BCUT2D eigenvalue weighted by molar-refractivity contribution is -0.125. The summed E-state index contributed by atoms with van der Waals surface area (Å²) in [5.41, 5.74) is 0. The van der Waals surface area contributed by atoms with Gasteiger partial charge in [0.15, 0.2) is 0 Å². The Hall–Kier alpha value is -2.08. The molecule has 0 aliphatic heterocycles. The van der Waals surface area contributed by atoms with Crippen LogP contribution >= 0.6 is 0 Å². The van der Waals surface area contributed by atoms with Crippen molar-refractivity contribution in [2.24, 2.45) is 0 Å². The highest BCUT2D eigenvalue weighted by atomic mass is 16.5. The normalized spacial score (nSPS) is 13.9. The van der Waals surface area contributed by atoms with Gasteiger partial charge in [0.05, 0.1) is 6.61 Å². The molecule has 2 aromatic rings. The van der Waals surface area contributed by atoms with Crippen molar-refractivity contribution in [3.05, 3.63) is 42.1 Å². The van der Waals surface area contributed by atoms with Crippen molar-refractivity contribution < 1.29 is 13.9 Å². The van der Waals surface area contributed by atoms with Gasteiger partial charge < -0.3 is 14.5 Å². The number of hydrogen-bond donors (Lipinski definition) is 1. The SMILES string of the molecule is CCc1ccc([C@@H](COC)NC(=O)[C@@H](C)n2cccn2)o1. The molecular weight excluding hydrogens is 270 g/mol. The predicted octanol–water partition coefficient (Wildman–Crippen LogP) is 2.10. The summed E-state index contributed by atoms with van der Waals surface area (Å²) in [5, 5.41) is 7.02. The fraction of sp³-hybridized carbons (Fsp3) is 0.467. The number of methoxy groups -OCH3 is 1. The lowest BCUT2D eigenvalue weighted by Crippen LogP contribution is -2.36. The van der Waals surface area contributed by atoms with Crippen LogP contribution in [0.3, 0.4) is 0 Å². The molecule has 0 aromatic carbocycles. The number of carbonyl (C=O) groups is 1. The molecule has 0 bridgehead atoms. The van der Waals surface area contributed by atoms with Crippen molar-refractivity contribution in [1.29, 1.82) is 0 Å². The number of nitrogens with one attached hydrogen (secondary N) is 1. The van der Waals surface area contributed by atoms with E-state index in [0.29, 0.717) is 12.4 Å². The van der Waals surface area contributed by atoms with Crippen LogP contribution in [0, 0.1) is 0 Å². The molecule has 1 amide bonds. The Labute approximate surface area is 124 Å². The Balaban J connectivity index is 2.07. The van der Waals surface area contributed by atoms with Gasteiger partial charge in [-0.3, -0.25) is 9.48 Å². The van der Waals surface area contributed by atoms with E-state index in [1.807, 2.05) is 19.1 Å². The van der Waals surface area contributed by atoms with Crippen LogP contribution in [0.15, 0.2) is 35.0 Å². The number of aromatic nitrogens is 2. The molecule has 114 valence electrons. The van der Waals surface area contributed by atoms with Crippen LogP contribution in [-0.2, 0) is 16.0 Å². The molecule has 21 heavy (non-hydrogen) atoms. The monoisotopic (exact) mass is 291 g/mol. The van der Waals surface area contributed by atoms with Gasteiger partial charge >= 0.3 is 0 Å². The summed E-state index contributed by atoms with van der Waals surface area (Å²) in [7, 11) is 1.60. The highest BCUT2D eigenvalue weighted by Gasteiger charge is 2.22. The maximum atomic E-state index is 12.3. The second kappa shape index (κ2) is 7.08. The van der Waals surface area contributed by atoms with Crippen LogP contribution in [-0.4, -0.2) is 29.4 Å². The van der Waals surface area contributed by atoms with E-state index >= 15 is 0 Å². The third kappa shape index (κ3) is 3.72. The molecule has 6 heteroatoms. The summed E-state index contributed by atoms with van der Waals surface area (Å²) < 4.78 is 12.5. The maximum absolute atomic E-state index is 12.3. The van der Waals surface area contributed by atoms with Crippen LogP contribution in [0.2, 0.25) is 0 Å². The second-order valence-electron chi connectivity index (χ2n) is 4.84. The molecular formula is C15H21N3O3. The van der Waals surface area contributed by atoms with Crippen molar-refractivity contribution in [3.8, 4) is 0 Å². The molecule has 0 unspecified atom stereocenters. The number of amides is 1. The van der Waals surface area contributed by atoms with Crippen molar-refractivity contribution >= 4 is 5.91 Å². The van der Waals surface area contributed by atoms with Crippen LogP contribution in [0.5, 0.6) is 0 Å². The number of furan rings is 1. The summed E-state index contributed by atoms with van der Waals surface area (Å²) in [6, 6.07) is 4.89. The first-order chi connectivity index (χ1) is 10.2. The quantitative estimate of drug-likeness (QED) is 0.848. The Bertz CT molecular complexity index is 562. The highest BCUT2D eigenvalue weighted by molar-refractivity contribution is 5.80. The number of aryl methyl sites for hydroxylation is 1. The summed E-state index contributed by atoms with van der Waals surface area (Å²) in [5.74, 6) is 1.46. The minimum Gasteiger partial charge on any atom is -0.464 e. The van der Waals surface area contributed by atoms with Gasteiger partial charge in [-0.15, -0.1) is 0 Å². The van der Waals surface area contributed by atoms with Crippen molar-refractivity contribution in [2.45, 2.75) is 32.4 Å². The number of carbonyl (C=O) groups excluding carboxylic acids is 1. The Kier molecular flexibility index (Phi) is 5.16. The second-order valence-corrected chi connectivity index (χ2v) is 4.84. The van der Waals surface area contributed by atoms with E-state index < -0.39 is 0 Å². The molecule has 0 aliphatic rings. The molecule has 6 nitrogen and oxygen atoms in total. The van der Waals surface area contributed by atoms with Crippen molar-refractivity contribution in [2.75, 3.05) is 13.7 Å². The van der Waals surface area contributed by atoms with Gasteiger partial charge in [0.2, 0.25) is 5.91 Å². The third-order valence-corrected chi connectivity index (χ3v) is 3.33. The number of nitrogens with zero attached hydrogens (tertiary/aromatic N) is 2. The lowest BCUT2D eigenvalue weighted by Gasteiger charge is -2.19. The molecule has 2 rings (SSSR count). The first-order valence-electron chi connectivity index (χ1n) is 7.02. The summed E-state index contributed by atoms with van der Waals surface area (Å²) in [6.45, 7) is 4.17. The van der Waals surface area contributed by atoms with E-state index in [4.69, 9.17) is 9.15 Å². The molecule has 0 saturated heterocycles. The van der Waals surface area contributed by atoms with Gasteiger partial charge in [0.25, 0.3) is 0 Å². The molecule has 0 radical (unpaired) electrons. The number of hydrogen-bond acceptors (Lipinski definition) is 4. The summed E-state index contributed by atoms with van der Waals surface area (Å²) in [6.07, 6.45) is 4.23. The fourth-order valence-corrected chi connectivity index (χ4v) is 2.06. The minimum atomic E-state index is -0.389. The fourth-order valence-electron chi connectivity index (χ4n) is 2.06. The van der Waals surface area contributed by atoms with Gasteiger partial charge in [0, 0.05) is 25.9 Å². The minimum absolute atomic E-state index is 0.129. The Morgan fingerprint density at radius 1 is 1.52 bits per heavy atom. The summed E-state index contributed by atoms with van der Waals surface area (Å²) in [4.78, 5) is 12.3. The zero-order chi connectivity index (χ0) is 15.2. The Morgan fingerprint density at radius 2 is 2.33 bits per heavy atom. The largest absolute Gasteiger partial charge is 0.464 e. The average Bonchev–Trinajstić information content (AvgIpc) is 3.16. The van der Waals surface area contributed by atoms with Gasteiger partial charge in [-0.05, 0) is 25.1 Å². The van der Waals surface area contributed by atoms with Crippen LogP contribution in [0.1, 0.15) is 37.5 Å². The van der Waals surface area contributed by atoms with Crippen molar-refractivity contribution in [3.63, 3.8) is 0 Å². The van der Waals surface area contributed by atoms with E-state index in [1.54, 1.807) is 37.2 Å². The van der Waals surface area contributed by atoms with Gasteiger partial charge in [-0.1, -0.05) is 6.92 Å². The molecule has 2 aromatic heterocycles. The molecule has 0 aliphatic carbocycles. The zero-order valence-corrected chi connectivity index (χ0v) is 12.6. The van der Waals surface area contributed by atoms with E-state index in [2.05, 4.69) is 10.4 Å². The number of rotatable bonds is 7. The van der Waals surface area contributed by atoms with E-state index in [-0.39, 0.29) is 18.0 Å². The average molecular weight is 291 g/mol. The maximum Gasteiger partial charge on any atom is 0.245 e. The molecule has 2 atom stereocenters. The van der Waals surface area contributed by atoms with E-state index in [9.17, 15) is 4.79 Å². The standard InChI is InChI=1S/C15H21N3O3/c1-4-12-6-7-14(21-12)13(10-20-3)17-15(19)11(2)18-9-5-8-16-18/h5-9,11,13H,4,10H2,1-3H3,(H,17,19)/t11-,13-/m1/s1. The molecule has 0 saturated carbocycles. The first kappa shape index (κ1) is 15.3. The predicted molar refractivity (Wildman–Crippen MR) is 77.8 cm³/mol. The number of ether oxygens (including phenoxy) is 1. The first-order valence-corrected chi connectivity index (χ1v) is 7.02. The van der Waals surface area contributed by atoms with Gasteiger partial charge in [-0.2, -0.15) is 5.10 Å². The summed E-state index contributed by atoms with van der Waals surface area (Å²) >= 11 is 0. The lowest BCUT2D eigenvalue weighted by atomic mass is 10.2. The van der Waals surface area contributed by atoms with Crippen LogP contribution in [0.4, 0.5) is 0 Å². The third-order valence-electron chi connectivity index (χ3n) is 3.33. The van der Waals surface area contributed by atoms with E-state index in [0.717, 1.165) is 12.2 Å². The van der Waals surface area contributed by atoms with Crippen LogP contribution in [0.25, 0.3) is 0 Å².